The molecule has 1 fully saturated rings. The van der Waals surface area contributed by atoms with Crippen molar-refractivity contribution in [2.45, 2.75) is 49.4 Å². The zero-order valence-corrected chi connectivity index (χ0v) is 11.2. The van der Waals surface area contributed by atoms with Crippen molar-refractivity contribution in [2.75, 3.05) is 6.54 Å². The van der Waals surface area contributed by atoms with Crippen LogP contribution in [0.3, 0.4) is 0 Å². The fourth-order valence-electron chi connectivity index (χ4n) is 2.39. The van der Waals surface area contributed by atoms with E-state index in [-0.39, 0.29) is 0 Å². The highest BCUT2D eigenvalue weighted by atomic mass is 32.2. The first-order valence-corrected chi connectivity index (χ1v) is 7.34. The summed E-state index contributed by atoms with van der Waals surface area (Å²) in [5.74, 6) is 0.631. The van der Waals surface area contributed by atoms with E-state index in [1.807, 2.05) is 30.9 Å². The molecule has 17 heavy (non-hydrogen) atoms. The van der Waals surface area contributed by atoms with Crippen molar-refractivity contribution < 1.29 is 0 Å². The number of rotatable bonds is 3. The van der Waals surface area contributed by atoms with Crippen molar-refractivity contribution in [1.29, 1.82) is 0 Å². The molecule has 2 N–H and O–H groups in total. The minimum Gasteiger partial charge on any atom is -0.330 e. The van der Waals surface area contributed by atoms with Gasteiger partial charge in [0.1, 0.15) is 0 Å². The van der Waals surface area contributed by atoms with Gasteiger partial charge in [-0.2, -0.15) is 0 Å². The summed E-state index contributed by atoms with van der Waals surface area (Å²) in [5.41, 5.74) is 6.93. The SMILES string of the molecule is Cc1ccnc(SC2CCCCCC2CN)n1. The molecule has 1 aliphatic rings. The number of hydrogen-bond donors (Lipinski definition) is 1. The van der Waals surface area contributed by atoms with Crippen LogP contribution in [0.4, 0.5) is 0 Å². The van der Waals surface area contributed by atoms with Crippen LogP contribution in [0.25, 0.3) is 0 Å². The third kappa shape index (κ3) is 3.68. The van der Waals surface area contributed by atoms with Gasteiger partial charge in [0.2, 0.25) is 0 Å². The fraction of sp³-hybridized carbons (Fsp3) is 0.692. The van der Waals surface area contributed by atoms with Crippen LogP contribution in [0.15, 0.2) is 17.4 Å². The molecule has 0 saturated heterocycles. The number of nitrogens with two attached hydrogens (primary N) is 1. The largest absolute Gasteiger partial charge is 0.330 e. The molecule has 94 valence electrons. The normalized spacial score (nSPS) is 25.5. The van der Waals surface area contributed by atoms with Crippen LogP contribution in [0.5, 0.6) is 0 Å². The van der Waals surface area contributed by atoms with Crippen molar-refractivity contribution in [3.8, 4) is 0 Å². The van der Waals surface area contributed by atoms with Crippen LogP contribution in [0.2, 0.25) is 0 Å². The van der Waals surface area contributed by atoms with Gasteiger partial charge in [-0.25, -0.2) is 9.97 Å². The van der Waals surface area contributed by atoms with Gasteiger partial charge >= 0.3 is 0 Å². The Bertz CT molecular complexity index is 356. The van der Waals surface area contributed by atoms with Gasteiger partial charge in [-0.1, -0.05) is 31.0 Å². The maximum Gasteiger partial charge on any atom is 0.188 e. The number of nitrogens with zero attached hydrogens (tertiary/aromatic N) is 2. The van der Waals surface area contributed by atoms with E-state index in [1.54, 1.807) is 0 Å². The lowest BCUT2D eigenvalue weighted by atomic mass is 10.0. The van der Waals surface area contributed by atoms with Gasteiger partial charge in [0.25, 0.3) is 0 Å². The minimum absolute atomic E-state index is 0.601. The molecule has 1 heterocycles. The molecular weight excluding hydrogens is 230 g/mol. The zero-order valence-electron chi connectivity index (χ0n) is 10.4. The van der Waals surface area contributed by atoms with Gasteiger partial charge in [0.15, 0.2) is 5.16 Å². The van der Waals surface area contributed by atoms with Crippen LogP contribution >= 0.6 is 11.8 Å². The van der Waals surface area contributed by atoms with Crippen LogP contribution in [0, 0.1) is 12.8 Å². The van der Waals surface area contributed by atoms with E-state index in [0.717, 1.165) is 17.4 Å². The van der Waals surface area contributed by atoms with Gasteiger partial charge in [-0.15, -0.1) is 0 Å². The van der Waals surface area contributed by atoms with Crippen molar-refractivity contribution in [1.82, 2.24) is 9.97 Å². The molecule has 0 bridgehead atoms. The maximum atomic E-state index is 5.89. The van der Waals surface area contributed by atoms with Gasteiger partial charge < -0.3 is 5.73 Å². The minimum atomic E-state index is 0.601. The van der Waals surface area contributed by atoms with E-state index in [9.17, 15) is 0 Å². The summed E-state index contributed by atoms with van der Waals surface area (Å²) in [6.45, 7) is 2.81. The average molecular weight is 251 g/mol. The first kappa shape index (κ1) is 12.8. The second-order valence-corrected chi connectivity index (χ2v) is 5.98. The molecule has 2 unspecified atom stereocenters. The maximum absolute atomic E-state index is 5.89. The van der Waals surface area contributed by atoms with Crippen LogP contribution in [-0.4, -0.2) is 21.8 Å². The van der Waals surface area contributed by atoms with E-state index < -0.39 is 0 Å². The quantitative estimate of drug-likeness (QED) is 0.663. The molecule has 1 aromatic rings. The second-order valence-electron chi connectivity index (χ2n) is 4.77. The predicted molar refractivity (Wildman–Crippen MR) is 72.0 cm³/mol. The predicted octanol–water partition coefficient (Wildman–Crippen LogP) is 2.78. The Kier molecular flexibility index (Phi) is 4.80. The molecule has 4 heteroatoms. The molecule has 0 radical (unpaired) electrons. The molecule has 0 spiro atoms. The van der Waals surface area contributed by atoms with E-state index in [4.69, 9.17) is 5.73 Å². The number of hydrogen-bond acceptors (Lipinski definition) is 4. The van der Waals surface area contributed by atoms with Crippen molar-refractivity contribution >= 4 is 11.8 Å². The molecule has 2 rings (SSSR count). The van der Waals surface area contributed by atoms with E-state index in [2.05, 4.69) is 9.97 Å². The van der Waals surface area contributed by atoms with E-state index in [1.165, 1.54) is 32.1 Å². The molecule has 0 aliphatic heterocycles. The first-order chi connectivity index (χ1) is 8.29. The van der Waals surface area contributed by atoms with Crippen LogP contribution < -0.4 is 5.73 Å². The van der Waals surface area contributed by atoms with Crippen molar-refractivity contribution in [3.63, 3.8) is 0 Å². The lowest BCUT2D eigenvalue weighted by molar-refractivity contribution is 0.483. The second kappa shape index (κ2) is 6.36. The lowest BCUT2D eigenvalue weighted by Gasteiger charge is -2.22. The Morgan fingerprint density at radius 2 is 2.18 bits per heavy atom. The summed E-state index contributed by atoms with van der Waals surface area (Å²) in [6, 6.07) is 1.94. The zero-order chi connectivity index (χ0) is 12.1. The highest BCUT2D eigenvalue weighted by molar-refractivity contribution is 7.99. The smallest absolute Gasteiger partial charge is 0.188 e. The first-order valence-electron chi connectivity index (χ1n) is 6.46. The lowest BCUT2D eigenvalue weighted by Crippen LogP contribution is -2.24. The number of aryl methyl sites for hydroxylation is 1. The Morgan fingerprint density at radius 1 is 1.35 bits per heavy atom. The summed E-state index contributed by atoms with van der Waals surface area (Å²) in [5, 5.41) is 1.51. The Labute approximate surface area is 108 Å². The molecule has 1 aliphatic carbocycles. The third-order valence-corrected chi connectivity index (χ3v) is 4.75. The highest BCUT2D eigenvalue weighted by Gasteiger charge is 2.24. The third-order valence-electron chi connectivity index (χ3n) is 3.42. The Hall–Kier alpha value is -0.610. The van der Waals surface area contributed by atoms with E-state index >= 15 is 0 Å². The monoisotopic (exact) mass is 251 g/mol. The molecule has 0 amide bonds. The van der Waals surface area contributed by atoms with Gasteiger partial charge in [0, 0.05) is 17.1 Å². The van der Waals surface area contributed by atoms with Crippen molar-refractivity contribution in [2.24, 2.45) is 11.7 Å². The number of aromatic nitrogens is 2. The Balaban J connectivity index is 2.04. The summed E-state index contributed by atoms with van der Waals surface area (Å²) in [7, 11) is 0. The van der Waals surface area contributed by atoms with Gasteiger partial charge in [-0.3, -0.25) is 0 Å². The summed E-state index contributed by atoms with van der Waals surface area (Å²) in [6.07, 6.45) is 8.36. The molecule has 1 saturated carbocycles. The molecular formula is C13H21N3S. The highest BCUT2D eigenvalue weighted by Crippen LogP contribution is 2.34. The fourth-order valence-corrected chi connectivity index (χ4v) is 3.71. The van der Waals surface area contributed by atoms with Gasteiger partial charge in [-0.05, 0) is 38.3 Å². The van der Waals surface area contributed by atoms with Crippen LogP contribution in [0.1, 0.15) is 37.8 Å². The van der Waals surface area contributed by atoms with Crippen LogP contribution in [-0.2, 0) is 0 Å². The Morgan fingerprint density at radius 3 is 2.94 bits per heavy atom. The molecule has 0 aromatic carbocycles. The average Bonchev–Trinajstić information content (AvgIpc) is 2.54. The van der Waals surface area contributed by atoms with Crippen molar-refractivity contribution in [3.05, 3.63) is 18.0 Å². The topological polar surface area (TPSA) is 51.8 Å². The summed E-state index contributed by atoms with van der Waals surface area (Å²) < 4.78 is 0. The molecule has 1 aromatic heterocycles. The molecule has 3 nitrogen and oxygen atoms in total. The molecule has 2 atom stereocenters. The van der Waals surface area contributed by atoms with E-state index in [0.29, 0.717) is 11.2 Å². The standard InChI is InChI=1S/C13H21N3S/c1-10-7-8-15-13(16-10)17-12-6-4-2-3-5-11(12)9-14/h7-8,11-12H,2-6,9,14H2,1H3. The summed E-state index contributed by atoms with van der Waals surface area (Å²) in [4.78, 5) is 8.82. The van der Waals surface area contributed by atoms with Gasteiger partial charge in [0.05, 0.1) is 0 Å². The summed E-state index contributed by atoms with van der Waals surface area (Å²) >= 11 is 1.82. The number of thioether (sulfide) groups is 1.